The third-order valence-electron chi connectivity index (χ3n) is 4.93. The van der Waals surface area contributed by atoms with Crippen LogP contribution in [-0.2, 0) is 4.79 Å². The van der Waals surface area contributed by atoms with Crippen molar-refractivity contribution < 1.29 is 23.5 Å². The Bertz CT molecular complexity index is 1330. The van der Waals surface area contributed by atoms with E-state index in [0.717, 1.165) is 6.42 Å². The molecule has 8 heteroatoms. The molecule has 3 aromatic rings. The number of carbonyl (C=O) groups is 2. The summed E-state index contributed by atoms with van der Waals surface area (Å²) in [6.45, 7) is 3.75. The number of methoxy groups -OCH3 is 1. The average molecular weight is 446 g/mol. The molecule has 168 valence electrons. The highest BCUT2D eigenvalue weighted by Crippen LogP contribution is 2.23. The van der Waals surface area contributed by atoms with Crippen LogP contribution in [0.25, 0.3) is 17.0 Å². The standard InChI is InChI=1S/C25H22N2O6/c1-4-15(2)27-23(28)20-12-17-9-10-19(13-22(17)33-25(20)30)32-24(29)18(14-26)11-16-7-5-6-8-21(16)31-3/h5-13,15H,4H2,1-3H3,(H,27,28)/b18-11+. The van der Waals surface area contributed by atoms with E-state index in [9.17, 15) is 19.6 Å². The van der Waals surface area contributed by atoms with Gasteiger partial charge in [-0.2, -0.15) is 5.26 Å². The van der Waals surface area contributed by atoms with E-state index in [1.165, 1.54) is 31.4 Å². The Morgan fingerprint density at radius 3 is 2.67 bits per heavy atom. The van der Waals surface area contributed by atoms with Crippen molar-refractivity contribution in [3.05, 3.63) is 75.7 Å². The van der Waals surface area contributed by atoms with Gasteiger partial charge in [-0.15, -0.1) is 0 Å². The van der Waals surface area contributed by atoms with Gasteiger partial charge in [0.1, 0.15) is 34.3 Å². The summed E-state index contributed by atoms with van der Waals surface area (Å²) in [5, 5.41) is 12.6. The predicted molar refractivity (Wildman–Crippen MR) is 122 cm³/mol. The predicted octanol–water partition coefficient (Wildman–Crippen LogP) is 3.84. The summed E-state index contributed by atoms with van der Waals surface area (Å²) in [5.74, 6) is -0.822. The van der Waals surface area contributed by atoms with Crippen molar-refractivity contribution in [1.29, 1.82) is 5.26 Å². The summed E-state index contributed by atoms with van der Waals surface area (Å²) >= 11 is 0. The molecule has 0 saturated heterocycles. The van der Waals surface area contributed by atoms with Crippen LogP contribution in [0.15, 0.2) is 63.3 Å². The van der Waals surface area contributed by atoms with Crippen molar-refractivity contribution >= 4 is 28.9 Å². The van der Waals surface area contributed by atoms with Gasteiger partial charge in [0.25, 0.3) is 5.91 Å². The number of para-hydroxylation sites is 1. The minimum atomic E-state index is -0.880. The normalized spacial score (nSPS) is 12.0. The molecule has 0 radical (unpaired) electrons. The first kappa shape index (κ1) is 23.3. The molecule has 1 amide bonds. The molecule has 3 rings (SSSR count). The number of nitrogens with one attached hydrogen (secondary N) is 1. The molecule has 0 spiro atoms. The summed E-state index contributed by atoms with van der Waals surface area (Å²) in [7, 11) is 1.49. The van der Waals surface area contributed by atoms with E-state index in [0.29, 0.717) is 16.7 Å². The van der Waals surface area contributed by atoms with Crippen molar-refractivity contribution in [2.45, 2.75) is 26.3 Å². The number of ether oxygens (including phenoxy) is 2. The van der Waals surface area contributed by atoms with Crippen LogP contribution >= 0.6 is 0 Å². The van der Waals surface area contributed by atoms with Gasteiger partial charge in [-0.25, -0.2) is 9.59 Å². The molecule has 1 unspecified atom stereocenters. The zero-order chi connectivity index (χ0) is 24.0. The van der Waals surface area contributed by atoms with Gasteiger partial charge in [0.05, 0.1) is 7.11 Å². The van der Waals surface area contributed by atoms with Crippen LogP contribution in [0.5, 0.6) is 11.5 Å². The molecule has 1 aromatic heterocycles. The first-order chi connectivity index (χ1) is 15.9. The number of hydrogen-bond donors (Lipinski definition) is 1. The van der Waals surface area contributed by atoms with Crippen LogP contribution in [0.1, 0.15) is 36.2 Å². The Balaban J connectivity index is 1.86. The van der Waals surface area contributed by atoms with E-state index in [4.69, 9.17) is 13.9 Å². The van der Waals surface area contributed by atoms with E-state index in [1.807, 2.05) is 19.9 Å². The zero-order valence-corrected chi connectivity index (χ0v) is 18.4. The van der Waals surface area contributed by atoms with Crippen LogP contribution in [0.4, 0.5) is 0 Å². The molecule has 0 aliphatic rings. The van der Waals surface area contributed by atoms with Crippen LogP contribution in [0.3, 0.4) is 0 Å². The zero-order valence-electron chi connectivity index (χ0n) is 18.4. The largest absolute Gasteiger partial charge is 0.496 e. The molecule has 1 N–H and O–H groups in total. The van der Waals surface area contributed by atoms with Crippen LogP contribution in [-0.4, -0.2) is 25.0 Å². The molecule has 8 nitrogen and oxygen atoms in total. The third-order valence-corrected chi connectivity index (χ3v) is 4.93. The summed E-state index contributed by atoms with van der Waals surface area (Å²) in [6, 6.07) is 14.5. The van der Waals surface area contributed by atoms with Gasteiger partial charge < -0.3 is 19.2 Å². The molecule has 0 aliphatic heterocycles. The second-order valence-electron chi connectivity index (χ2n) is 7.23. The summed E-state index contributed by atoms with van der Waals surface area (Å²) in [5.41, 5.74) is -0.475. The maximum atomic E-state index is 12.5. The number of rotatable bonds is 7. The fourth-order valence-corrected chi connectivity index (χ4v) is 2.96. The molecule has 33 heavy (non-hydrogen) atoms. The third kappa shape index (κ3) is 5.46. The van der Waals surface area contributed by atoms with Crippen molar-refractivity contribution in [2.24, 2.45) is 0 Å². The van der Waals surface area contributed by atoms with Crippen LogP contribution in [0, 0.1) is 11.3 Å². The van der Waals surface area contributed by atoms with Gasteiger partial charge >= 0.3 is 11.6 Å². The Morgan fingerprint density at radius 1 is 1.21 bits per heavy atom. The number of amides is 1. The number of nitriles is 1. The smallest absolute Gasteiger partial charge is 0.354 e. The second kappa shape index (κ2) is 10.3. The quantitative estimate of drug-likeness (QED) is 0.193. The molecule has 2 aromatic carbocycles. The van der Waals surface area contributed by atoms with Crippen molar-refractivity contribution in [3.8, 4) is 17.6 Å². The van der Waals surface area contributed by atoms with E-state index < -0.39 is 17.5 Å². The minimum absolute atomic E-state index is 0.0774. The number of benzene rings is 2. The Morgan fingerprint density at radius 2 is 1.97 bits per heavy atom. The monoisotopic (exact) mass is 446 g/mol. The van der Waals surface area contributed by atoms with E-state index >= 15 is 0 Å². The lowest BCUT2D eigenvalue weighted by atomic mass is 10.1. The first-order valence-corrected chi connectivity index (χ1v) is 10.2. The SMILES string of the molecule is CCC(C)NC(=O)c1cc2ccc(OC(=O)/C(C#N)=C/c3ccccc3OC)cc2oc1=O. The molecule has 1 atom stereocenters. The molecular formula is C25H22N2O6. The highest BCUT2D eigenvalue weighted by atomic mass is 16.5. The lowest BCUT2D eigenvalue weighted by molar-refractivity contribution is -0.129. The summed E-state index contributed by atoms with van der Waals surface area (Å²) in [4.78, 5) is 37.1. The van der Waals surface area contributed by atoms with Gasteiger partial charge in [-0.05, 0) is 43.7 Å². The number of carbonyl (C=O) groups excluding carboxylic acids is 2. The average Bonchev–Trinajstić information content (AvgIpc) is 2.81. The molecule has 0 aliphatic carbocycles. The highest BCUT2D eigenvalue weighted by Gasteiger charge is 2.17. The number of hydrogen-bond acceptors (Lipinski definition) is 7. The van der Waals surface area contributed by atoms with Crippen LogP contribution < -0.4 is 20.4 Å². The Kier molecular flexibility index (Phi) is 7.26. The van der Waals surface area contributed by atoms with E-state index in [-0.39, 0.29) is 28.5 Å². The van der Waals surface area contributed by atoms with Crippen LogP contribution in [0.2, 0.25) is 0 Å². The van der Waals surface area contributed by atoms with Crippen molar-refractivity contribution in [1.82, 2.24) is 5.32 Å². The number of nitrogens with zero attached hydrogens (tertiary/aromatic N) is 1. The maximum Gasteiger partial charge on any atom is 0.354 e. The molecule has 0 fully saturated rings. The summed E-state index contributed by atoms with van der Waals surface area (Å²) < 4.78 is 15.8. The maximum absolute atomic E-state index is 12.5. The second-order valence-corrected chi connectivity index (χ2v) is 7.23. The molecular weight excluding hydrogens is 424 g/mol. The molecule has 0 saturated carbocycles. The number of esters is 1. The van der Waals surface area contributed by atoms with Crippen molar-refractivity contribution in [2.75, 3.05) is 7.11 Å². The molecule has 0 bridgehead atoms. The molecule has 1 heterocycles. The number of fused-ring (bicyclic) bond motifs is 1. The van der Waals surface area contributed by atoms with Crippen molar-refractivity contribution in [3.63, 3.8) is 0 Å². The summed E-state index contributed by atoms with van der Waals surface area (Å²) in [6.07, 6.45) is 2.08. The fourth-order valence-electron chi connectivity index (χ4n) is 2.96. The topological polar surface area (TPSA) is 119 Å². The van der Waals surface area contributed by atoms with Gasteiger partial charge in [0.2, 0.25) is 0 Å². The Hall–Kier alpha value is -4.38. The Labute approximate surface area is 190 Å². The van der Waals surface area contributed by atoms with E-state index in [2.05, 4.69) is 5.32 Å². The van der Waals surface area contributed by atoms with Gasteiger partial charge in [-0.3, -0.25) is 4.79 Å². The van der Waals surface area contributed by atoms with Gasteiger partial charge in [0.15, 0.2) is 0 Å². The van der Waals surface area contributed by atoms with E-state index in [1.54, 1.807) is 30.3 Å². The van der Waals surface area contributed by atoms with Gasteiger partial charge in [0, 0.05) is 23.1 Å². The highest BCUT2D eigenvalue weighted by molar-refractivity contribution is 6.00. The minimum Gasteiger partial charge on any atom is -0.496 e. The lowest BCUT2D eigenvalue weighted by Gasteiger charge is -2.11. The first-order valence-electron chi connectivity index (χ1n) is 10.2. The van der Waals surface area contributed by atoms with Gasteiger partial charge in [-0.1, -0.05) is 25.1 Å². The fraction of sp³-hybridized carbons (Fsp3) is 0.200. The lowest BCUT2D eigenvalue weighted by Crippen LogP contribution is -2.34.